The maximum atomic E-state index is 10.2. The Morgan fingerprint density at radius 1 is 1.17 bits per heavy atom. The molecule has 4 nitrogen and oxygen atoms in total. The lowest BCUT2D eigenvalue weighted by atomic mass is 10.1. The molecule has 1 aromatic heterocycles. The van der Waals surface area contributed by atoms with E-state index in [0.717, 1.165) is 18.1 Å². The molecule has 0 aliphatic carbocycles. The number of benzene rings is 1. The summed E-state index contributed by atoms with van der Waals surface area (Å²) in [6, 6.07) is 14.2. The summed E-state index contributed by atoms with van der Waals surface area (Å²) in [6.45, 7) is 6.06. The molecule has 0 saturated carbocycles. The van der Waals surface area contributed by atoms with E-state index in [4.69, 9.17) is 0 Å². The summed E-state index contributed by atoms with van der Waals surface area (Å²) < 4.78 is 0. The number of guanidine groups is 1. The molecule has 0 amide bonds. The molecule has 132 valence electrons. The predicted octanol–water partition coefficient (Wildman–Crippen LogP) is 3.33. The van der Waals surface area contributed by atoms with Crippen molar-refractivity contribution in [3.63, 3.8) is 0 Å². The molecule has 0 bridgehead atoms. The minimum Gasteiger partial charge on any atom is -0.391 e. The molecule has 0 aliphatic heterocycles. The minimum atomic E-state index is -0.440. The van der Waals surface area contributed by atoms with Crippen molar-refractivity contribution in [1.82, 2.24) is 10.6 Å². The topological polar surface area (TPSA) is 56.7 Å². The molecule has 2 rings (SSSR count). The van der Waals surface area contributed by atoms with Crippen molar-refractivity contribution in [2.75, 3.05) is 13.1 Å². The van der Waals surface area contributed by atoms with Gasteiger partial charge in [-0.3, -0.25) is 0 Å². The lowest BCUT2D eigenvalue weighted by molar-refractivity contribution is 0.177. The van der Waals surface area contributed by atoms with Crippen molar-refractivity contribution in [3.8, 4) is 0 Å². The monoisotopic (exact) mass is 459 g/mol. The summed E-state index contributed by atoms with van der Waals surface area (Å²) >= 11 is 1.76. The van der Waals surface area contributed by atoms with Gasteiger partial charge in [-0.05, 0) is 31.5 Å². The fraction of sp³-hybridized carbons (Fsp3) is 0.389. The van der Waals surface area contributed by atoms with Gasteiger partial charge in [-0.25, -0.2) is 4.99 Å². The zero-order chi connectivity index (χ0) is 16.5. The van der Waals surface area contributed by atoms with Crippen molar-refractivity contribution in [2.45, 2.75) is 32.9 Å². The van der Waals surface area contributed by atoms with Gasteiger partial charge in [-0.2, -0.15) is 0 Å². The third-order valence-electron chi connectivity index (χ3n) is 3.35. The number of nitrogens with one attached hydrogen (secondary N) is 2. The molecular formula is C18H26IN3OS. The number of halogens is 1. The van der Waals surface area contributed by atoms with E-state index in [1.807, 2.05) is 37.3 Å². The SMILES string of the molecule is CCNC(=NCc1ccc(C)s1)NCC(O)Cc1ccccc1.I. The molecule has 0 radical (unpaired) electrons. The zero-order valence-electron chi connectivity index (χ0n) is 14.2. The first-order valence-corrected chi connectivity index (χ1v) is 8.78. The van der Waals surface area contributed by atoms with Crippen molar-refractivity contribution in [1.29, 1.82) is 0 Å². The molecule has 0 saturated heterocycles. The van der Waals surface area contributed by atoms with E-state index >= 15 is 0 Å². The van der Waals surface area contributed by atoms with Gasteiger partial charge in [0, 0.05) is 29.3 Å². The number of hydrogen-bond donors (Lipinski definition) is 3. The number of rotatable bonds is 7. The maximum absolute atomic E-state index is 10.2. The Kier molecular flexibility index (Phi) is 9.97. The first kappa shape index (κ1) is 20.9. The van der Waals surface area contributed by atoms with Crippen LogP contribution in [0.2, 0.25) is 0 Å². The standard InChI is InChI=1S/C18H25N3OS.HI/c1-3-19-18(21-13-17-10-9-14(2)23-17)20-12-16(22)11-15-7-5-4-6-8-15;/h4-10,16,22H,3,11-13H2,1-2H3,(H2,19,20,21);1H. The van der Waals surface area contributed by atoms with Gasteiger partial charge >= 0.3 is 0 Å². The highest BCUT2D eigenvalue weighted by molar-refractivity contribution is 14.0. The van der Waals surface area contributed by atoms with Gasteiger partial charge < -0.3 is 15.7 Å². The van der Waals surface area contributed by atoms with Gasteiger partial charge in [0.1, 0.15) is 0 Å². The first-order chi connectivity index (χ1) is 11.2. The number of aliphatic hydroxyl groups is 1. The lowest BCUT2D eigenvalue weighted by Gasteiger charge is -2.15. The molecule has 3 N–H and O–H groups in total. The van der Waals surface area contributed by atoms with E-state index in [2.05, 4.69) is 34.7 Å². The molecule has 2 aromatic rings. The van der Waals surface area contributed by atoms with Crippen molar-refractivity contribution >= 4 is 41.3 Å². The summed E-state index contributed by atoms with van der Waals surface area (Å²) in [5, 5.41) is 16.6. The van der Waals surface area contributed by atoms with E-state index < -0.39 is 6.10 Å². The minimum absolute atomic E-state index is 0. The molecule has 1 aromatic carbocycles. The van der Waals surface area contributed by atoms with Crippen LogP contribution in [-0.2, 0) is 13.0 Å². The Morgan fingerprint density at radius 3 is 2.54 bits per heavy atom. The molecule has 1 atom stereocenters. The number of aliphatic imine (C=N–C) groups is 1. The fourth-order valence-electron chi connectivity index (χ4n) is 2.24. The average Bonchev–Trinajstić information content (AvgIpc) is 2.96. The van der Waals surface area contributed by atoms with E-state index in [0.29, 0.717) is 19.5 Å². The van der Waals surface area contributed by atoms with Gasteiger partial charge in [0.25, 0.3) is 0 Å². The number of thiophene rings is 1. The van der Waals surface area contributed by atoms with Crippen LogP contribution in [0.4, 0.5) is 0 Å². The quantitative estimate of drug-likeness (QED) is 0.338. The molecule has 6 heteroatoms. The summed E-state index contributed by atoms with van der Waals surface area (Å²) in [6.07, 6.45) is 0.197. The van der Waals surface area contributed by atoms with E-state index in [-0.39, 0.29) is 24.0 Å². The van der Waals surface area contributed by atoms with Gasteiger partial charge in [0.15, 0.2) is 5.96 Å². The Bertz CT molecular complexity index is 616. The maximum Gasteiger partial charge on any atom is 0.191 e. The molecular weight excluding hydrogens is 433 g/mol. The van der Waals surface area contributed by atoms with Gasteiger partial charge in [-0.15, -0.1) is 35.3 Å². The largest absolute Gasteiger partial charge is 0.391 e. The molecule has 0 fully saturated rings. The number of nitrogens with zero attached hydrogens (tertiary/aromatic N) is 1. The summed E-state index contributed by atoms with van der Waals surface area (Å²) in [4.78, 5) is 7.11. The summed E-state index contributed by atoms with van der Waals surface area (Å²) in [5.74, 6) is 0.741. The Labute approximate surface area is 165 Å². The number of hydrogen-bond acceptors (Lipinski definition) is 3. The highest BCUT2D eigenvalue weighted by Gasteiger charge is 2.07. The Balaban J connectivity index is 0.00000288. The molecule has 1 heterocycles. The summed E-state index contributed by atoms with van der Waals surface area (Å²) in [5.41, 5.74) is 1.14. The van der Waals surface area contributed by atoms with Crippen molar-refractivity contribution in [2.24, 2.45) is 4.99 Å². The van der Waals surface area contributed by atoms with Crippen LogP contribution in [0.25, 0.3) is 0 Å². The lowest BCUT2D eigenvalue weighted by Crippen LogP contribution is -2.41. The number of aliphatic hydroxyl groups excluding tert-OH is 1. The van der Waals surface area contributed by atoms with Crippen LogP contribution < -0.4 is 10.6 Å². The third-order valence-corrected chi connectivity index (χ3v) is 4.34. The average molecular weight is 459 g/mol. The predicted molar refractivity (Wildman–Crippen MR) is 113 cm³/mol. The highest BCUT2D eigenvalue weighted by Crippen LogP contribution is 2.15. The summed E-state index contributed by atoms with van der Waals surface area (Å²) in [7, 11) is 0. The van der Waals surface area contributed by atoms with Crippen LogP contribution >= 0.6 is 35.3 Å². The second kappa shape index (κ2) is 11.4. The normalized spacial score (nSPS) is 12.4. The molecule has 1 unspecified atom stereocenters. The van der Waals surface area contributed by atoms with Crippen LogP contribution in [-0.4, -0.2) is 30.3 Å². The zero-order valence-corrected chi connectivity index (χ0v) is 17.3. The molecule has 0 spiro atoms. The van der Waals surface area contributed by atoms with E-state index in [1.54, 1.807) is 11.3 Å². The Morgan fingerprint density at radius 2 is 1.92 bits per heavy atom. The smallest absolute Gasteiger partial charge is 0.191 e. The molecule has 24 heavy (non-hydrogen) atoms. The second-order valence-corrected chi connectivity index (χ2v) is 6.80. The second-order valence-electron chi connectivity index (χ2n) is 5.43. The van der Waals surface area contributed by atoms with Crippen molar-refractivity contribution < 1.29 is 5.11 Å². The van der Waals surface area contributed by atoms with Crippen LogP contribution in [0.15, 0.2) is 47.5 Å². The van der Waals surface area contributed by atoms with E-state index in [9.17, 15) is 5.11 Å². The van der Waals surface area contributed by atoms with Gasteiger partial charge in [-0.1, -0.05) is 30.3 Å². The van der Waals surface area contributed by atoms with Crippen molar-refractivity contribution in [3.05, 3.63) is 57.8 Å². The van der Waals surface area contributed by atoms with Crippen LogP contribution in [0.1, 0.15) is 22.2 Å². The van der Waals surface area contributed by atoms with Gasteiger partial charge in [0.05, 0.1) is 12.6 Å². The Hall–Kier alpha value is -1.12. The van der Waals surface area contributed by atoms with Crippen LogP contribution in [0.5, 0.6) is 0 Å². The number of aryl methyl sites for hydroxylation is 1. The van der Waals surface area contributed by atoms with Gasteiger partial charge in [0.2, 0.25) is 0 Å². The fourth-order valence-corrected chi connectivity index (χ4v) is 3.06. The third kappa shape index (κ3) is 7.63. The van der Waals surface area contributed by atoms with Crippen LogP contribution in [0, 0.1) is 6.92 Å². The first-order valence-electron chi connectivity index (χ1n) is 7.97. The molecule has 0 aliphatic rings. The highest BCUT2D eigenvalue weighted by atomic mass is 127. The van der Waals surface area contributed by atoms with E-state index in [1.165, 1.54) is 9.75 Å². The van der Waals surface area contributed by atoms with Crippen LogP contribution in [0.3, 0.4) is 0 Å².